The van der Waals surface area contributed by atoms with Crippen molar-refractivity contribution in [3.8, 4) is 0 Å². The molecule has 1 aromatic rings. The van der Waals surface area contributed by atoms with E-state index in [9.17, 15) is 14.4 Å². The second-order valence-corrected chi connectivity index (χ2v) is 4.40. The normalized spacial score (nSPS) is 9.90. The molecule has 0 aliphatic rings. The van der Waals surface area contributed by atoms with Crippen molar-refractivity contribution in [3.63, 3.8) is 0 Å². The topological polar surface area (TPSA) is 104 Å². The van der Waals surface area contributed by atoms with Gasteiger partial charge in [-0.15, -0.1) is 0 Å². The molecule has 0 radical (unpaired) electrons. The number of carbonyl (C=O) groups excluding carboxylic acids is 2. The van der Waals surface area contributed by atoms with Crippen LogP contribution < -0.4 is 10.6 Å². The highest BCUT2D eigenvalue weighted by Crippen LogP contribution is 2.15. The average molecular weight is 279 g/mol. The maximum Gasteiger partial charge on any atom is 0.325 e. The molecule has 0 aliphatic heterocycles. The summed E-state index contributed by atoms with van der Waals surface area (Å²) in [7, 11) is 1.51. The van der Waals surface area contributed by atoms with Crippen molar-refractivity contribution in [1.82, 2.24) is 4.90 Å². The van der Waals surface area contributed by atoms with Crippen LogP contribution in [-0.2, 0) is 9.59 Å². The third kappa shape index (κ3) is 4.27. The van der Waals surface area contributed by atoms with E-state index >= 15 is 0 Å². The van der Waals surface area contributed by atoms with Gasteiger partial charge in [0.25, 0.3) is 0 Å². The van der Waals surface area contributed by atoms with Gasteiger partial charge in [0, 0.05) is 12.7 Å². The summed E-state index contributed by atoms with van der Waals surface area (Å²) in [5.74, 6) is -1.98. The summed E-state index contributed by atoms with van der Waals surface area (Å²) >= 11 is 0. The molecule has 0 atom stereocenters. The smallest absolute Gasteiger partial charge is 0.325 e. The first-order valence-corrected chi connectivity index (χ1v) is 5.90. The Hall–Kier alpha value is -2.57. The number of amides is 3. The molecule has 3 N–H and O–H groups in total. The van der Waals surface area contributed by atoms with E-state index in [4.69, 9.17) is 10.8 Å². The number of hydrogen-bond acceptors (Lipinski definition) is 3. The molecule has 108 valence electrons. The fraction of sp³-hybridized carbons (Fsp3) is 0.308. The van der Waals surface area contributed by atoms with E-state index in [-0.39, 0.29) is 0 Å². The Bertz CT molecular complexity index is 514. The zero-order valence-corrected chi connectivity index (χ0v) is 11.4. The quantitative estimate of drug-likeness (QED) is 0.815. The lowest BCUT2D eigenvalue weighted by Crippen LogP contribution is -2.47. The SMILES string of the molecule is Cc1cccc(N(C)C(=O)N(CC(N)=O)CC(=O)O)c1. The lowest BCUT2D eigenvalue weighted by molar-refractivity contribution is -0.137. The minimum Gasteiger partial charge on any atom is -0.480 e. The Balaban J connectivity index is 2.92. The molecule has 0 unspecified atom stereocenters. The van der Waals surface area contributed by atoms with Crippen molar-refractivity contribution in [2.75, 3.05) is 25.0 Å². The molecular weight excluding hydrogens is 262 g/mol. The Morgan fingerprint density at radius 1 is 1.25 bits per heavy atom. The molecule has 0 bridgehead atoms. The number of benzene rings is 1. The van der Waals surface area contributed by atoms with Crippen LogP contribution in [0, 0.1) is 6.92 Å². The molecule has 0 aromatic heterocycles. The van der Waals surface area contributed by atoms with Gasteiger partial charge in [0.15, 0.2) is 0 Å². The first-order chi connectivity index (χ1) is 9.31. The van der Waals surface area contributed by atoms with Crippen LogP contribution in [0.1, 0.15) is 5.56 Å². The van der Waals surface area contributed by atoms with Crippen molar-refractivity contribution in [2.24, 2.45) is 5.73 Å². The number of hydrogen-bond donors (Lipinski definition) is 2. The number of aliphatic carboxylic acids is 1. The number of urea groups is 1. The number of aryl methyl sites for hydroxylation is 1. The molecule has 0 fully saturated rings. The maximum absolute atomic E-state index is 12.2. The van der Waals surface area contributed by atoms with Crippen LogP contribution in [0.3, 0.4) is 0 Å². The highest BCUT2D eigenvalue weighted by molar-refractivity contribution is 5.95. The van der Waals surface area contributed by atoms with Gasteiger partial charge in [-0.05, 0) is 24.6 Å². The third-order valence-electron chi connectivity index (χ3n) is 2.62. The summed E-state index contributed by atoms with van der Waals surface area (Å²) in [4.78, 5) is 36.0. The number of primary amides is 1. The van der Waals surface area contributed by atoms with Crippen molar-refractivity contribution >= 4 is 23.6 Å². The highest BCUT2D eigenvalue weighted by atomic mass is 16.4. The number of carboxylic acid groups (broad SMARTS) is 1. The third-order valence-corrected chi connectivity index (χ3v) is 2.62. The fourth-order valence-electron chi connectivity index (χ4n) is 1.70. The lowest BCUT2D eigenvalue weighted by Gasteiger charge is -2.26. The van der Waals surface area contributed by atoms with Crippen molar-refractivity contribution in [1.29, 1.82) is 0 Å². The maximum atomic E-state index is 12.2. The van der Waals surface area contributed by atoms with Crippen LogP contribution in [0.4, 0.5) is 10.5 Å². The van der Waals surface area contributed by atoms with E-state index in [0.29, 0.717) is 5.69 Å². The number of nitrogens with two attached hydrogens (primary N) is 1. The van der Waals surface area contributed by atoms with Gasteiger partial charge in [-0.3, -0.25) is 14.5 Å². The second kappa shape index (κ2) is 6.55. The zero-order valence-electron chi connectivity index (χ0n) is 11.4. The Labute approximate surface area is 116 Å². The summed E-state index contributed by atoms with van der Waals surface area (Å²) < 4.78 is 0. The van der Waals surface area contributed by atoms with E-state index in [1.165, 1.54) is 11.9 Å². The van der Waals surface area contributed by atoms with Crippen molar-refractivity contribution in [3.05, 3.63) is 29.8 Å². The molecule has 0 aliphatic carbocycles. The van der Waals surface area contributed by atoms with Gasteiger partial charge in [0.2, 0.25) is 5.91 Å². The summed E-state index contributed by atoms with van der Waals surface area (Å²) in [6.45, 7) is 0.847. The molecule has 7 nitrogen and oxygen atoms in total. The first kappa shape index (κ1) is 15.5. The van der Waals surface area contributed by atoms with Gasteiger partial charge < -0.3 is 15.7 Å². The molecule has 3 amide bonds. The first-order valence-electron chi connectivity index (χ1n) is 5.90. The van der Waals surface area contributed by atoms with Crippen LogP contribution in [-0.4, -0.2) is 48.1 Å². The number of nitrogens with zero attached hydrogens (tertiary/aromatic N) is 2. The van der Waals surface area contributed by atoms with Crippen LogP contribution in [0.15, 0.2) is 24.3 Å². The monoisotopic (exact) mass is 279 g/mol. The predicted molar refractivity (Wildman–Crippen MR) is 73.4 cm³/mol. The number of anilines is 1. The number of carbonyl (C=O) groups is 3. The Kier molecular flexibility index (Phi) is 5.08. The molecule has 20 heavy (non-hydrogen) atoms. The van der Waals surface area contributed by atoms with Crippen LogP contribution in [0.25, 0.3) is 0 Å². The predicted octanol–water partition coefficient (Wildman–Crippen LogP) is 0.423. The minimum absolute atomic E-state index is 0.443. The standard InChI is InChI=1S/C13H17N3O4/c1-9-4-3-5-10(6-9)15(2)13(20)16(7-11(14)17)8-12(18)19/h3-6H,7-8H2,1-2H3,(H2,14,17)(H,18,19). The van der Waals surface area contributed by atoms with Crippen LogP contribution in [0.5, 0.6) is 0 Å². The molecule has 0 saturated heterocycles. The van der Waals surface area contributed by atoms with Crippen molar-refractivity contribution < 1.29 is 19.5 Å². The van der Waals surface area contributed by atoms with Gasteiger partial charge in [-0.1, -0.05) is 12.1 Å². The van der Waals surface area contributed by atoms with Crippen LogP contribution >= 0.6 is 0 Å². The van der Waals surface area contributed by atoms with E-state index in [0.717, 1.165) is 10.5 Å². The highest BCUT2D eigenvalue weighted by Gasteiger charge is 2.23. The average Bonchev–Trinajstić information content (AvgIpc) is 2.35. The summed E-state index contributed by atoms with van der Waals surface area (Å²) in [5.41, 5.74) is 6.59. The molecule has 0 heterocycles. The second-order valence-electron chi connectivity index (χ2n) is 4.40. The molecular formula is C13H17N3O4. The Morgan fingerprint density at radius 2 is 1.90 bits per heavy atom. The Morgan fingerprint density at radius 3 is 2.40 bits per heavy atom. The van der Waals surface area contributed by atoms with Gasteiger partial charge >= 0.3 is 12.0 Å². The molecule has 0 saturated carbocycles. The largest absolute Gasteiger partial charge is 0.480 e. The zero-order chi connectivity index (χ0) is 15.3. The summed E-state index contributed by atoms with van der Waals surface area (Å²) in [5, 5.41) is 8.78. The molecule has 1 rings (SSSR count). The molecule has 7 heteroatoms. The van der Waals surface area contributed by atoms with E-state index < -0.39 is 31.0 Å². The number of carboxylic acids is 1. The van der Waals surface area contributed by atoms with E-state index in [2.05, 4.69) is 0 Å². The van der Waals surface area contributed by atoms with Gasteiger partial charge in [0.05, 0.1) is 0 Å². The van der Waals surface area contributed by atoms with Gasteiger partial charge in [0.1, 0.15) is 13.1 Å². The van der Waals surface area contributed by atoms with Gasteiger partial charge in [-0.25, -0.2) is 4.79 Å². The summed E-state index contributed by atoms with van der Waals surface area (Å²) in [6, 6.07) is 6.55. The summed E-state index contributed by atoms with van der Waals surface area (Å²) in [6.07, 6.45) is 0. The fourth-order valence-corrected chi connectivity index (χ4v) is 1.70. The number of rotatable bonds is 5. The molecule has 0 spiro atoms. The van der Waals surface area contributed by atoms with E-state index in [1.807, 2.05) is 13.0 Å². The van der Waals surface area contributed by atoms with Gasteiger partial charge in [-0.2, -0.15) is 0 Å². The lowest BCUT2D eigenvalue weighted by atomic mass is 10.2. The minimum atomic E-state index is -1.21. The van der Waals surface area contributed by atoms with Crippen molar-refractivity contribution in [2.45, 2.75) is 6.92 Å². The van der Waals surface area contributed by atoms with Crippen LogP contribution in [0.2, 0.25) is 0 Å². The molecule has 1 aromatic carbocycles. The van der Waals surface area contributed by atoms with E-state index in [1.54, 1.807) is 18.2 Å².